The topological polar surface area (TPSA) is 89.4 Å². The molecule has 8 heteroatoms. The first-order valence-corrected chi connectivity index (χ1v) is 8.19. The molecule has 0 aliphatic carbocycles. The van der Waals surface area contributed by atoms with Gasteiger partial charge in [0.25, 0.3) is 5.69 Å². The van der Waals surface area contributed by atoms with Crippen LogP contribution in [0.15, 0.2) is 69.5 Å². The smallest absolute Gasteiger partial charge is 0.427 e. The first kappa shape index (κ1) is 17.6. The van der Waals surface area contributed by atoms with Crippen molar-refractivity contribution in [3.63, 3.8) is 0 Å². The molecule has 1 aromatic heterocycles. The van der Waals surface area contributed by atoms with Gasteiger partial charge >= 0.3 is 5.56 Å². The molecule has 0 saturated carbocycles. The summed E-state index contributed by atoms with van der Waals surface area (Å²) in [5.41, 5.74) is 1.04. The summed E-state index contributed by atoms with van der Waals surface area (Å²) in [5, 5.41) is 19.6. The summed E-state index contributed by atoms with van der Waals surface area (Å²) in [6, 6.07) is 16.4. The summed E-state index contributed by atoms with van der Waals surface area (Å²) >= 11 is 5.85. The highest BCUT2D eigenvalue weighted by Gasteiger charge is 2.21. The average molecular weight is 370 g/mol. The highest BCUT2D eigenvalue weighted by Crippen LogP contribution is 2.07. The Hall–Kier alpha value is -3.19. The molecule has 0 aliphatic rings. The van der Waals surface area contributed by atoms with Crippen LogP contribution >= 0.6 is 11.6 Å². The van der Waals surface area contributed by atoms with Crippen molar-refractivity contribution in [2.75, 3.05) is 7.05 Å². The van der Waals surface area contributed by atoms with E-state index >= 15 is 0 Å². The van der Waals surface area contributed by atoms with Gasteiger partial charge in [0.1, 0.15) is 6.54 Å². The van der Waals surface area contributed by atoms with Crippen LogP contribution in [0.2, 0.25) is 5.02 Å². The monoisotopic (exact) mass is 369 g/mol. The highest BCUT2D eigenvalue weighted by molar-refractivity contribution is 6.30. The lowest BCUT2D eigenvalue weighted by Gasteiger charge is -2.05. The van der Waals surface area contributed by atoms with Gasteiger partial charge in [-0.05, 0) is 23.3 Å². The first-order chi connectivity index (χ1) is 12.6. The van der Waals surface area contributed by atoms with Gasteiger partial charge in [0, 0.05) is 22.8 Å². The van der Waals surface area contributed by atoms with Crippen LogP contribution < -0.4 is 15.3 Å². The van der Waals surface area contributed by atoms with Crippen LogP contribution in [0.4, 0.5) is 0 Å². The van der Waals surface area contributed by atoms with Crippen molar-refractivity contribution in [1.29, 1.82) is 0 Å². The molecular weight excluding hydrogens is 354 g/mol. The van der Waals surface area contributed by atoms with Gasteiger partial charge in [0.05, 0.1) is 6.21 Å². The Labute approximate surface area is 154 Å². The van der Waals surface area contributed by atoms with Gasteiger partial charge in [-0.2, -0.15) is 0 Å². The molecule has 3 rings (SSSR count). The number of H-pyrrole nitrogens is 1. The standard InChI is InChI=1S/C18H16ClN5O2/c1-20-17(25)16-18(26)24(21-11-13-7-9-15(19)10-8-13)22-23(16)12-14-5-3-2-4-6-14/h2-11H,12H2,1H3,(H-,20,22,25,26)/b21-11+. The maximum atomic E-state index is 12.6. The third kappa shape index (κ3) is 3.89. The van der Waals surface area contributed by atoms with Gasteiger partial charge in [0.2, 0.25) is 0 Å². The molecular formula is C18H16ClN5O2. The molecule has 0 aliphatic heterocycles. The number of halogens is 1. The van der Waals surface area contributed by atoms with Crippen LogP contribution in [0.3, 0.4) is 0 Å². The number of aromatic nitrogens is 3. The van der Waals surface area contributed by atoms with Gasteiger partial charge in [0.15, 0.2) is 0 Å². The molecule has 0 radical (unpaired) electrons. The molecule has 1 N–H and O–H groups in total. The maximum absolute atomic E-state index is 12.6. The molecule has 0 unspecified atom stereocenters. The Morgan fingerprint density at radius 3 is 2.58 bits per heavy atom. The molecule has 3 aromatic rings. The molecule has 132 valence electrons. The Morgan fingerprint density at radius 2 is 1.92 bits per heavy atom. The highest BCUT2D eigenvalue weighted by atomic mass is 35.5. The van der Waals surface area contributed by atoms with Gasteiger partial charge < -0.3 is 5.11 Å². The van der Waals surface area contributed by atoms with Crippen molar-refractivity contribution in [2.45, 2.75) is 6.54 Å². The zero-order valence-corrected chi connectivity index (χ0v) is 14.7. The Kier molecular flexibility index (Phi) is 5.28. The van der Waals surface area contributed by atoms with Gasteiger partial charge in [-0.15, -0.1) is 4.68 Å². The van der Waals surface area contributed by atoms with Gasteiger partial charge in [-0.25, -0.2) is 4.79 Å². The van der Waals surface area contributed by atoms with Crippen LogP contribution in [-0.2, 0) is 6.54 Å². The van der Waals surface area contributed by atoms with Crippen molar-refractivity contribution in [2.24, 2.45) is 10.1 Å². The van der Waals surface area contributed by atoms with E-state index < -0.39 is 11.5 Å². The molecule has 2 aromatic carbocycles. The van der Waals surface area contributed by atoms with E-state index in [1.54, 1.807) is 24.3 Å². The molecule has 26 heavy (non-hydrogen) atoms. The minimum atomic E-state index is -0.609. The quantitative estimate of drug-likeness (QED) is 0.409. The minimum absolute atomic E-state index is 0.0791. The Morgan fingerprint density at radius 1 is 1.23 bits per heavy atom. The van der Waals surface area contributed by atoms with Gasteiger partial charge in [-0.3, -0.25) is 4.99 Å². The maximum Gasteiger partial charge on any atom is 0.427 e. The number of benzene rings is 2. The number of hydrogen-bond donors (Lipinski definition) is 1. The fourth-order valence-corrected chi connectivity index (χ4v) is 2.50. The molecule has 0 spiro atoms. The Balaban J connectivity index is 1.98. The summed E-state index contributed by atoms with van der Waals surface area (Å²) in [4.78, 5) is 17.2. The normalized spacial score (nSPS) is 12.0. The summed E-state index contributed by atoms with van der Waals surface area (Å²) in [6.45, 7) is 0.316. The molecule has 0 amide bonds. The van der Waals surface area contributed by atoms with Crippen LogP contribution in [-0.4, -0.2) is 29.2 Å². The SMILES string of the molecule is CN=C([O-])c1c(=O)n(/N=C/c2ccc(Cl)cc2)[nH][n+]1Cc1ccccc1. The number of nitrogens with one attached hydrogen (secondary N) is 1. The third-order valence-corrected chi connectivity index (χ3v) is 3.91. The zero-order valence-electron chi connectivity index (χ0n) is 14.0. The lowest BCUT2D eigenvalue weighted by molar-refractivity contribution is -0.750. The fraction of sp³-hybridized carbons (Fsp3) is 0.111. The fourth-order valence-electron chi connectivity index (χ4n) is 2.37. The van der Waals surface area contributed by atoms with Crippen molar-refractivity contribution in [3.05, 3.63) is 86.8 Å². The summed E-state index contributed by atoms with van der Waals surface area (Å²) in [7, 11) is 1.35. The van der Waals surface area contributed by atoms with E-state index in [4.69, 9.17) is 11.6 Å². The lowest BCUT2D eigenvalue weighted by atomic mass is 10.2. The first-order valence-electron chi connectivity index (χ1n) is 7.81. The van der Waals surface area contributed by atoms with Crippen LogP contribution in [0.1, 0.15) is 16.8 Å². The van der Waals surface area contributed by atoms with Crippen molar-refractivity contribution < 1.29 is 9.79 Å². The number of aromatic amines is 1. The van der Waals surface area contributed by atoms with Crippen LogP contribution in [0.25, 0.3) is 0 Å². The van der Waals surface area contributed by atoms with E-state index in [1.807, 2.05) is 30.3 Å². The van der Waals surface area contributed by atoms with Crippen molar-refractivity contribution in [1.82, 2.24) is 10.0 Å². The largest absolute Gasteiger partial charge is 0.856 e. The lowest BCUT2D eigenvalue weighted by Crippen LogP contribution is -2.46. The predicted octanol–water partition coefficient (Wildman–Crippen LogP) is 0.784. The van der Waals surface area contributed by atoms with E-state index in [-0.39, 0.29) is 5.69 Å². The van der Waals surface area contributed by atoms with E-state index in [1.165, 1.54) is 17.9 Å². The van der Waals surface area contributed by atoms with E-state index in [2.05, 4.69) is 15.3 Å². The van der Waals surface area contributed by atoms with Crippen molar-refractivity contribution in [3.8, 4) is 0 Å². The molecule has 1 heterocycles. The van der Waals surface area contributed by atoms with E-state index in [9.17, 15) is 9.90 Å². The predicted molar refractivity (Wildman–Crippen MR) is 97.7 cm³/mol. The zero-order chi connectivity index (χ0) is 18.5. The number of aliphatic imine (C=N–C) groups is 1. The van der Waals surface area contributed by atoms with Crippen LogP contribution in [0.5, 0.6) is 0 Å². The molecule has 0 fully saturated rings. The second kappa shape index (κ2) is 7.79. The number of rotatable bonds is 5. The molecule has 0 saturated heterocycles. The summed E-state index contributed by atoms with van der Waals surface area (Å²) in [6.07, 6.45) is 1.50. The minimum Gasteiger partial charge on any atom is -0.856 e. The summed E-state index contributed by atoms with van der Waals surface area (Å²) < 4.78 is 1.44. The molecule has 7 nitrogen and oxygen atoms in total. The van der Waals surface area contributed by atoms with E-state index in [0.29, 0.717) is 11.6 Å². The summed E-state index contributed by atoms with van der Waals surface area (Å²) in [5.74, 6) is -0.609. The van der Waals surface area contributed by atoms with E-state index in [0.717, 1.165) is 15.9 Å². The number of hydrogen-bond acceptors (Lipinski definition) is 4. The second-order valence-electron chi connectivity index (χ2n) is 5.46. The molecule has 0 atom stereocenters. The van der Waals surface area contributed by atoms with Crippen molar-refractivity contribution >= 4 is 23.7 Å². The molecule has 0 bridgehead atoms. The Bertz CT molecular complexity index is 1000. The third-order valence-electron chi connectivity index (χ3n) is 3.66. The van der Waals surface area contributed by atoms with Gasteiger partial charge in [-0.1, -0.05) is 64.4 Å². The second-order valence-corrected chi connectivity index (χ2v) is 5.90. The van der Waals surface area contributed by atoms with Crippen LogP contribution in [0, 0.1) is 0 Å². The average Bonchev–Trinajstić information content (AvgIpc) is 2.96. The number of nitrogens with zero attached hydrogens (tertiary/aromatic N) is 4.